The van der Waals surface area contributed by atoms with Crippen molar-refractivity contribution in [1.29, 1.82) is 0 Å². The van der Waals surface area contributed by atoms with E-state index in [1.807, 2.05) is 0 Å². The van der Waals surface area contributed by atoms with Crippen LogP contribution < -0.4 is 24.0 Å². The fraction of sp³-hybridized carbons (Fsp3) is 1.00. The van der Waals surface area contributed by atoms with E-state index in [0.29, 0.717) is 20.2 Å². The first kappa shape index (κ1) is 37.0. The topological polar surface area (TPSA) is 6.48 Å². The monoisotopic (exact) mass is 757 g/mol. The minimum Gasteiger partial charge on any atom is -1.00 e. The van der Waals surface area contributed by atoms with Crippen LogP contribution in [0.25, 0.3) is 0 Å². The molecule has 0 aromatic rings. The van der Waals surface area contributed by atoms with E-state index in [0.717, 1.165) is 0 Å². The summed E-state index contributed by atoms with van der Waals surface area (Å²) in [6.07, 6.45) is 0. The van der Waals surface area contributed by atoms with Crippen LogP contribution in [-0.4, -0.2) is 33.6 Å². The molecule has 193 valence electrons. The smallest absolute Gasteiger partial charge is 1.00 e. The van der Waals surface area contributed by atoms with Crippen molar-refractivity contribution >= 4 is 32.9 Å². The maximum absolute atomic E-state index is 3.36. The summed E-state index contributed by atoms with van der Waals surface area (Å²) in [4.78, 5) is 0. The third-order valence-corrected chi connectivity index (χ3v) is 61.4. The molecule has 0 aliphatic heterocycles. The number of rotatable bonds is 6. The molecule has 2 nitrogen and oxygen atoms in total. The van der Waals surface area contributed by atoms with E-state index in [1.165, 1.54) is 0 Å². The first-order valence-electron chi connectivity index (χ1n) is 12.3. The van der Waals surface area contributed by atoms with Crippen molar-refractivity contribution in [2.45, 2.75) is 156 Å². The van der Waals surface area contributed by atoms with E-state index in [1.54, 1.807) is 0 Å². The Morgan fingerprint density at radius 3 is 0.594 bits per heavy atom. The van der Waals surface area contributed by atoms with Crippen LogP contribution in [0.4, 0.5) is 0 Å². The second kappa shape index (κ2) is 10.9. The van der Waals surface area contributed by atoms with Crippen LogP contribution in [0.3, 0.4) is 0 Å². The third kappa shape index (κ3) is 7.47. The Morgan fingerprint density at radius 2 is 0.500 bits per heavy atom. The Bertz CT molecular complexity index is 516. The summed E-state index contributed by atoms with van der Waals surface area (Å²) >= 11 is -1.29. The summed E-state index contributed by atoms with van der Waals surface area (Å²) < 4.78 is 6.72. The van der Waals surface area contributed by atoms with Gasteiger partial charge in [-0.3, -0.25) is 0 Å². The van der Waals surface area contributed by atoms with Gasteiger partial charge in [0.2, 0.25) is 0 Å². The SMILES string of the molecule is CC(C)(C)[Si](C)(C)[N]([Nd+][N]([Si](C)(C)C(C)(C)C)[Si](C)(C)C(C)(C)C)[Si](C)(C)C(C)(C)C.[I-]. The molecule has 0 radical (unpaired) electrons. The van der Waals surface area contributed by atoms with E-state index in [2.05, 4.69) is 136 Å². The van der Waals surface area contributed by atoms with Crippen LogP contribution in [0.15, 0.2) is 0 Å². The summed E-state index contributed by atoms with van der Waals surface area (Å²) in [7, 11) is -6.54. The Morgan fingerprint density at radius 1 is 0.375 bits per heavy atom. The van der Waals surface area contributed by atoms with E-state index in [-0.39, 0.29) is 24.0 Å². The van der Waals surface area contributed by atoms with Crippen molar-refractivity contribution in [3.05, 3.63) is 0 Å². The molecule has 0 spiro atoms. The number of nitrogens with zero attached hydrogens (tertiary/aromatic N) is 2. The Labute approximate surface area is 247 Å². The van der Waals surface area contributed by atoms with Gasteiger partial charge in [0.25, 0.3) is 0 Å². The van der Waals surface area contributed by atoms with Gasteiger partial charge in [-0.2, -0.15) is 0 Å². The summed E-state index contributed by atoms with van der Waals surface area (Å²) in [6.45, 7) is 52.0. The number of hydrogen-bond acceptors (Lipinski definition) is 2. The standard InChI is InChI=1S/2C12H30NSi2.HI.Nd/c2*1-11(2,3)14(7,8)13-15(9,10)12(4,5)6;;/h2*1-10H3;1H;/q2*-1;;+3/p-1. The average molecular weight is 760 g/mol. The van der Waals surface area contributed by atoms with Crippen molar-refractivity contribution in [2.24, 2.45) is 0 Å². The van der Waals surface area contributed by atoms with Gasteiger partial charge < -0.3 is 24.0 Å². The molecule has 0 bridgehead atoms. The van der Waals surface area contributed by atoms with Crippen LogP contribution in [-0.2, 0) is 0 Å². The Hall–Kier alpha value is 2.87. The van der Waals surface area contributed by atoms with Gasteiger partial charge in [0.15, 0.2) is 0 Å². The summed E-state index contributed by atoms with van der Waals surface area (Å²) in [5.74, 6) is 0. The zero-order chi connectivity index (χ0) is 25.9. The molecule has 0 atom stereocenters. The molecule has 8 heteroatoms. The molecule has 0 N–H and O–H groups in total. The Kier molecular flexibility index (Phi) is 12.6. The molecular weight excluding hydrogens is 700 g/mol. The van der Waals surface area contributed by atoms with Gasteiger partial charge in [-0.15, -0.1) is 0 Å². The molecule has 32 heavy (non-hydrogen) atoms. The quantitative estimate of drug-likeness (QED) is 0.225. The van der Waals surface area contributed by atoms with Gasteiger partial charge in [0.05, 0.1) is 0 Å². The van der Waals surface area contributed by atoms with Crippen molar-refractivity contribution in [3.63, 3.8) is 0 Å². The third-order valence-electron chi connectivity index (χ3n) is 9.78. The zero-order valence-corrected chi connectivity index (χ0v) is 35.1. The summed E-state index contributed by atoms with van der Waals surface area (Å²) in [6, 6.07) is 0. The van der Waals surface area contributed by atoms with Crippen LogP contribution in [0.2, 0.25) is 72.5 Å². The molecule has 0 heterocycles. The predicted octanol–water partition coefficient (Wildman–Crippen LogP) is 6.53. The number of hydrogen-bond donors (Lipinski definition) is 0. The van der Waals surface area contributed by atoms with Crippen molar-refractivity contribution in [1.82, 2.24) is 0.627 Å². The Balaban J connectivity index is 0. The van der Waals surface area contributed by atoms with Gasteiger partial charge in [0, 0.05) is 0 Å². The van der Waals surface area contributed by atoms with Gasteiger partial charge in [0.1, 0.15) is 0 Å². The van der Waals surface area contributed by atoms with Crippen molar-refractivity contribution in [3.8, 4) is 0 Å². The molecule has 0 aromatic carbocycles. The molecule has 0 saturated heterocycles. The van der Waals surface area contributed by atoms with E-state index < -0.39 is 70.4 Å². The van der Waals surface area contributed by atoms with Crippen LogP contribution in [0.1, 0.15) is 83.1 Å². The molecule has 0 unspecified atom stereocenters. The van der Waals surface area contributed by atoms with Crippen molar-refractivity contribution in [2.75, 3.05) is 0 Å². The fourth-order valence-electron chi connectivity index (χ4n) is 3.34. The largest absolute Gasteiger partial charge is 1.00 e. The molecule has 0 aliphatic carbocycles. The second-order valence-corrected chi connectivity index (χ2v) is 46.4. The van der Waals surface area contributed by atoms with Crippen LogP contribution >= 0.6 is 0 Å². The van der Waals surface area contributed by atoms with Crippen LogP contribution in [0.5, 0.6) is 0 Å². The molecular formula is C24H60IN2NdSi4. The molecule has 0 aliphatic rings. The van der Waals surface area contributed by atoms with Gasteiger partial charge in [-0.05, 0) is 0 Å². The van der Waals surface area contributed by atoms with Crippen molar-refractivity contribution < 1.29 is 61.5 Å². The van der Waals surface area contributed by atoms with Gasteiger partial charge >= 0.3 is 227 Å². The van der Waals surface area contributed by atoms with E-state index in [9.17, 15) is 0 Å². The minimum atomic E-state index is -1.63. The first-order valence-corrected chi connectivity index (χ1v) is 27.0. The van der Waals surface area contributed by atoms with Gasteiger partial charge in [-0.1, -0.05) is 0 Å². The molecule has 0 fully saturated rings. The van der Waals surface area contributed by atoms with Gasteiger partial charge in [-0.25, -0.2) is 0 Å². The van der Waals surface area contributed by atoms with Crippen LogP contribution in [0, 0.1) is 37.5 Å². The predicted molar refractivity (Wildman–Crippen MR) is 152 cm³/mol. The molecule has 0 saturated carbocycles. The van der Waals surface area contributed by atoms with E-state index in [4.69, 9.17) is 0 Å². The maximum atomic E-state index is 3.36. The fourth-order valence-corrected chi connectivity index (χ4v) is 51.3. The molecule has 0 aromatic heterocycles. The van der Waals surface area contributed by atoms with E-state index >= 15 is 0 Å². The zero-order valence-electron chi connectivity index (χ0n) is 25.8. The first-order chi connectivity index (χ1) is 13.0. The maximum Gasteiger partial charge on any atom is -1.00 e. The summed E-state index contributed by atoms with van der Waals surface area (Å²) in [5.41, 5.74) is 0. The second-order valence-electron chi connectivity index (χ2n) is 16.0. The molecule has 0 rings (SSSR count). The number of halogens is 1. The normalized spacial score (nSPS) is 15.7. The molecule has 0 amide bonds. The minimum absolute atomic E-state index is 0. The summed E-state index contributed by atoms with van der Waals surface area (Å²) in [5, 5.41) is 1.56. The average Bonchev–Trinajstić information content (AvgIpc) is 2.41.